The number of aryl methyl sites for hydroxylation is 1. The molecule has 0 bridgehead atoms. The molecule has 106 valence electrons. The molecule has 0 spiro atoms. The Balaban J connectivity index is 2.02. The SMILES string of the molecule is CCC(Oc1cccc(Cl)c1)C(=O)Nc1nnc(C)s1. The summed E-state index contributed by atoms with van der Waals surface area (Å²) in [6.45, 7) is 3.70. The number of hydrogen-bond acceptors (Lipinski definition) is 5. The van der Waals surface area contributed by atoms with Crippen molar-refractivity contribution in [2.75, 3.05) is 5.32 Å². The van der Waals surface area contributed by atoms with E-state index in [-0.39, 0.29) is 5.91 Å². The van der Waals surface area contributed by atoms with Gasteiger partial charge in [-0.1, -0.05) is 35.9 Å². The second kappa shape index (κ2) is 6.67. The summed E-state index contributed by atoms with van der Waals surface area (Å²) < 4.78 is 5.65. The van der Waals surface area contributed by atoms with Gasteiger partial charge in [0.25, 0.3) is 5.91 Å². The Bertz CT molecular complexity index is 603. The summed E-state index contributed by atoms with van der Waals surface area (Å²) in [7, 11) is 0. The lowest BCUT2D eigenvalue weighted by molar-refractivity contribution is -0.122. The van der Waals surface area contributed by atoms with Crippen LogP contribution in [0.25, 0.3) is 0 Å². The number of carbonyl (C=O) groups is 1. The third-order valence-electron chi connectivity index (χ3n) is 2.49. The van der Waals surface area contributed by atoms with E-state index in [0.29, 0.717) is 22.3 Å². The molecule has 1 atom stereocenters. The van der Waals surface area contributed by atoms with Crippen LogP contribution in [0.15, 0.2) is 24.3 Å². The molecule has 1 amide bonds. The summed E-state index contributed by atoms with van der Waals surface area (Å²) in [6, 6.07) is 6.96. The third-order valence-corrected chi connectivity index (χ3v) is 3.48. The second-order valence-electron chi connectivity index (χ2n) is 4.09. The van der Waals surface area contributed by atoms with E-state index in [2.05, 4.69) is 15.5 Å². The maximum absolute atomic E-state index is 12.1. The van der Waals surface area contributed by atoms with Crippen LogP contribution in [0.1, 0.15) is 18.4 Å². The number of rotatable bonds is 5. The van der Waals surface area contributed by atoms with Gasteiger partial charge in [0.2, 0.25) is 5.13 Å². The lowest BCUT2D eigenvalue weighted by atomic mass is 10.2. The fourth-order valence-electron chi connectivity index (χ4n) is 1.56. The highest BCUT2D eigenvalue weighted by Gasteiger charge is 2.19. The first-order valence-corrected chi connectivity index (χ1v) is 7.31. The van der Waals surface area contributed by atoms with Crippen molar-refractivity contribution < 1.29 is 9.53 Å². The molecule has 2 aromatic rings. The molecule has 5 nitrogen and oxygen atoms in total. The molecule has 1 N–H and O–H groups in total. The van der Waals surface area contributed by atoms with E-state index in [0.717, 1.165) is 5.01 Å². The Labute approximate surface area is 125 Å². The molecule has 7 heteroatoms. The maximum Gasteiger partial charge on any atom is 0.267 e. The number of hydrogen-bond donors (Lipinski definition) is 1. The fraction of sp³-hybridized carbons (Fsp3) is 0.308. The Morgan fingerprint density at radius 1 is 1.50 bits per heavy atom. The lowest BCUT2D eigenvalue weighted by Crippen LogP contribution is -2.32. The van der Waals surface area contributed by atoms with Crippen LogP contribution in [0.3, 0.4) is 0 Å². The molecule has 0 saturated heterocycles. The van der Waals surface area contributed by atoms with Crippen molar-refractivity contribution in [2.45, 2.75) is 26.4 Å². The Hall–Kier alpha value is -1.66. The summed E-state index contributed by atoms with van der Waals surface area (Å²) in [4.78, 5) is 12.1. The Morgan fingerprint density at radius 2 is 2.30 bits per heavy atom. The van der Waals surface area contributed by atoms with Gasteiger partial charge < -0.3 is 4.74 Å². The minimum Gasteiger partial charge on any atom is -0.481 e. The zero-order valence-electron chi connectivity index (χ0n) is 11.1. The number of aromatic nitrogens is 2. The molecule has 2 rings (SSSR count). The van der Waals surface area contributed by atoms with Crippen molar-refractivity contribution in [3.8, 4) is 5.75 Å². The molecule has 20 heavy (non-hydrogen) atoms. The maximum atomic E-state index is 12.1. The lowest BCUT2D eigenvalue weighted by Gasteiger charge is -2.16. The number of ether oxygens (including phenoxy) is 1. The minimum atomic E-state index is -0.599. The molecule has 1 heterocycles. The van der Waals surface area contributed by atoms with Crippen molar-refractivity contribution >= 4 is 34.0 Å². The van der Waals surface area contributed by atoms with Gasteiger partial charge in [0.05, 0.1) is 0 Å². The van der Waals surface area contributed by atoms with Crippen LogP contribution in [0.2, 0.25) is 5.02 Å². The van der Waals surface area contributed by atoms with E-state index in [1.807, 2.05) is 13.8 Å². The highest BCUT2D eigenvalue weighted by Crippen LogP contribution is 2.20. The number of anilines is 1. The molecular formula is C13H14ClN3O2S. The number of benzene rings is 1. The number of halogens is 1. The quantitative estimate of drug-likeness (QED) is 0.920. The minimum absolute atomic E-state index is 0.247. The number of amides is 1. The summed E-state index contributed by atoms with van der Waals surface area (Å²) in [5.41, 5.74) is 0. The molecule has 0 radical (unpaired) electrons. The first-order chi connectivity index (χ1) is 9.58. The van der Waals surface area contributed by atoms with Gasteiger partial charge in [0.1, 0.15) is 10.8 Å². The summed E-state index contributed by atoms with van der Waals surface area (Å²) in [6.07, 6.45) is -0.0615. The molecule has 0 saturated carbocycles. The van der Waals surface area contributed by atoms with Gasteiger partial charge in [-0.05, 0) is 31.5 Å². The molecule has 1 unspecified atom stereocenters. The standard InChI is InChI=1S/C13H14ClN3O2S/c1-3-11(19-10-6-4-5-9(14)7-10)12(18)15-13-17-16-8(2)20-13/h4-7,11H,3H2,1-2H3,(H,15,17,18). The first kappa shape index (κ1) is 14.7. The number of nitrogens with one attached hydrogen (secondary N) is 1. The Kier molecular flexibility index (Phi) is 4.92. The van der Waals surface area contributed by atoms with Crippen LogP contribution >= 0.6 is 22.9 Å². The molecular weight excluding hydrogens is 298 g/mol. The van der Waals surface area contributed by atoms with E-state index in [1.54, 1.807) is 24.3 Å². The second-order valence-corrected chi connectivity index (χ2v) is 5.71. The molecule has 0 fully saturated rings. The predicted octanol–water partition coefficient (Wildman–Crippen LogP) is 3.30. The predicted molar refractivity (Wildman–Crippen MR) is 79.4 cm³/mol. The Morgan fingerprint density at radius 3 is 2.90 bits per heavy atom. The zero-order valence-corrected chi connectivity index (χ0v) is 12.7. The van der Waals surface area contributed by atoms with Gasteiger partial charge in [-0.15, -0.1) is 10.2 Å². The van der Waals surface area contributed by atoms with Crippen LogP contribution in [0.4, 0.5) is 5.13 Å². The van der Waals surface area contributed by atoms with Crippen LogP contribution in [-0.2, 0) is 4.79 Å². The van der Waals surface area contributed by atoms with Crippen LogP contribution in [0.5, 0.6) is 5.75 Å². The fourth-order valence-corrected chi connectivity index (χ4v) is 2.33. The van der Waals surface area contributed by atoms with Crippen molar-refractivity contribution in [1.29, 1.82) is 0 Å². The monoisotopic (exact) mass is 311 g/mol. The van der Waals surface area contributed by atoms with E-state index < -0.39 is 6.10 Å². The van der Waals surface area contributed by atoms with Gasteiger partial charge in [-0.3, -0.25) is 10.1 Å². The number of nitrogens with zero attached hydrogens (tertiary/aromatic N) is 2. The van der Waals surface area contributed by atoms with E-state index >= 15 is 0 Å². The van der Waals surface area contributed by atoms with Crippen molar-refractivity contribution in [2.24, 2.45) is 0 Å². The number of carbonyl (C=O) groups excluding carboxylic acids is 1. The van der Waals surface area contributed by atoms with Crippen molar-refractivity contribution in [1.82, 2.24) is 10.2 Å². The summed E-state index contributed by atoms with van der Waals surface area (Å²) >= 11 is 7.21. The normalized spacial score (nSPS) is 11.9. The molecule has 0 aliphatic heterocycles. The smallest absolute Gasteiger partial charge is 0.267 e. The highest BCUT2D eigenvalue weighted by molar-refractivity contribution is 7.15. The van der Waals surface area contributed by atoms with Crippen molar-refractivity contribution in [3.05, 3.63) is 34.3 Å². The first-order valence-electron chi connectivity index (χ1n) is 6.11. The summed E-state index contributed by atoms with van der Waals surface area (Å²) in [5.74, 6) is 0.316. The average molecular weight is 312 g/mol. The molecule has 0 aliphatic rings. The zero-order chi connectivity index (χ0) is 14.5. The van der Waals surface area contributed by atoms with Gasteiger partial charge in [0.15, 0.2) is 6.10 Å². The molecule has 0 aliphatic carbocycles. The highest BCUT2D eigenvalue weighted by atomic mass is 35.5. The van der Waals surface area contributed by atoms with Gasteiger partial charge in [-0.25, -0.2) is 0 Å². The summed E-state index contributed by atoms with van der Waals surface area (Å²) in [5, 5.41) is 12.2. The topological polar surface area (TPSA) is 64.1 Å². The van der Waals surface area contributed by atoms with Crippen LogP contribution in [0, 0.1) is 6.92 Å². The average Bonchev–Trinajstić information content (AvgIpc) is 2.81. The largest absolute Gasteiger partial charge is 0.481 e. The van der Waals surface area contributed by atoms with Gasteiger partial charge in [0, 0.05) is 5.02 Å². The van der Waals surface area contributed by atoms with Crippen LogP contribution < -0.4 is 10.1 Å². The van der Waals surface area contributed by atoms with E-state index in [1.165, 1.54) is 11.3 Å². The molecule has 1 aromatic heterocycles. The van der Waals surface area contributed by atoms with Crippen molar-refractivity contribution in [3.63, 3.8) is 0 Å². The molecule has 1 aromatic carbocycles. The third kappa shape index (κ3) is 3.91. The van der Waals surface area contributed by atoms with E-state index in [4.69, 9.17) is 16.3 Å². The van der Waals surface area contributed by atoms with Gasteiger partial charge >= 0.3 is 0 Å². The van der Waals surface area contributed by atoms with E-state index in [9.17, 15) is 4.79 Å². The van der Waals surface area contributed by atoms with Crippen LogP contribution in [-0.4, -0.2) is 22.2 Å². The van der Waals surface area contributed by atoms with Gasteiger partial charge in [-0.2, -0.15) is 0 Å².